The molecule has 0 aliphatic carbocycles. The number of hydrogen-bond acceptors (Lipinski definition) is 5. The van der Waals surface area contributed by atoms with Crippen molar-refractivity contribution >= 4 is 17.6 Å². The molecule has 6 heteroatoms. The molecule has 0 saturated heterocycles. The first-order valence-electron chi connectivity index (χ1n) is 8.99. The van der Waals surface area contributed by atoms with E-state index in [1.807, 2.05) is 44.2 Å². The Balaban J connectivity index is 1.59. The first-order valence-corrected chi connectivity index (χ1v) is 8.99. The molecule has 27 heavy (non-hydrogen) atoms. The quantitative estimate of drug-likeness (QED) is 0.753. The zero-order chi connectivity index (χ0) is 19.2. The van der Waals surface area contributed by atoms with Crippen LogP contribution in [0.4, 0.5) is 5.69 Å². The molecule has 2 atom stereocenters. The number of amides is 1. The molecule has 1 aliphatic rings. The van der Waals surface area contributed by atoms with Crippen molar-refractivity contribution in [2.45, 2.75) is 26.2 Å². The zero-order valence-electron chi connectivity index (χ0n) is 15.4. The first-order chi connectivity index (χ1) is 13.1. The summed E-state index contributed by atoms with van der Waals surface area (Å²) in [5.74, 6) is 0.130. The van der Waals surface area contributed by atoms with Crippen LogP contribution in [0.15, 0.2) is 48.5 Å². The lowest BCUT2D eigenvalue weighted by atomic mass is 9.86. The Kier molecular flexibility index (Phi) is 5.96. The lowest BCUT2D eigenvalue weighted by Gasteiger charge is -2.21. The number of anilines is 1. The van der Waals surface area contributed by atoms with Gasteiger partial charge < -0.3 is 19.5 Å². The third-order valence-electron chi connectivity index (χ3n) is 4.63. The van der Waals surface area contributed by atoms with Gasteiger partial charge in [0.25, 0.3) is 5.91 Å². The van der Waals surface area contributed by atoms with Crippen LogP contribution >= 0.6 is 0 Å². The van der Waals surface area contributed by atoms with Crippen LogP contribution in [0.2, 0.25) is 0 Å². The van der Waals surface area contributed by atoms with Crippen LogP contribution in [-0.4, -0.2) is 25.3 Å². The summed E-state index contributed by atoms with van der Waals surface area (Å²) in [6.45, 7) is 3.86. The number of carbonyl (C=O) groups is 2. The average Bonchev–Trinajstić information content (AvgIpc) is 3.15. The topological polar surface area (TPSA) is 73.9 Å². The zero-order valence-corrected chi connectivity index (χ0v) is 15.4. The van der Waals surface area contributed by atoms with Gasteiger partial charge >= 0.3 is 5.97 Å². The van der Waals surface area contributed by atoms with E-state index in [0.29, 0.717) is 17.2 Å². The van der Waals surface area contributed by atoms with Crippen LogP contribution < -0.4 is 14.8 Å². The van der Waals surface area contributed by atoms with Gasteiger partial charge in [-0.2, -0.15) is 0 Å². The molecule has 142 valence electrons. The van der Waals surface area contributed by atoms with Crippen molar-refractivity contribution in [2.24, 2.45) is 5.92 Å². The van der Waals surface area contributed by atoms with Gasteiger partial charge in [-0.05, 0) is 23.6 Å². The van der Waals surface area contributed by atoms with Crippen molar-refractivity contribution in [1.29, 1.82) is 0 Å². The highest BCUT2D eigenvalue weighted by Gasteiger charge is 2.27. The highest BCUT2D eigenvalue weighted by Crippen LogP contribution is 2.34. The van der Waals surface area contributed by atoms with Gasteiger partial charge in [0.05, 0.1) is 5.92 Å². The van der Waals surface area contributed by atoms with Gasteiger partial charge in [0, 0.05) is 11.8 Å². The molecule has 2 aromatic carbocycles. The minimum absolute atomic E-state index is 0.108. The number of nitrogens with one attached hydrogen (secondary N) is 1. The van der Waals surface area contributed by atoms with Crippen LogP contribution in [0.1, 0.15) is 31.7 Å². The molecule has 0 spiro atoms. The Morgan fingerprint density at radius 3 is 2.59 bits per heavy atom. The van der Waals surface area contributed by atoms with Gasteiger partial charge in [0.2, 0.25) is 6.79 Å². The molecule has 1 N–H and O–H groups in total. The molecular weight excluding hydrogens is 346 g/mol. The second-order valence-electron chi connectivity index (χ2n) is 6.50. The Bertz CT molecular complexity index is 805. The molecule has 2 aromatic rings. The van der Waals surface area contributed by atoms with E-state index in [-0.39, 0.29) is 19.3 Å². The van der Waals surface area contributed by atoms with E-state index >= 15 is 0 Å². The normalized spacial score (nSPS) is 14.3. The van der Waals surface area contributed by atoms with E-state index in [9.17, 15) is 9.59 Å². The van der Waals surface area contributed by atoms with E-state index in [2.05, 4.69) is 5.32 Å². The van der Waals surface area contributed by atoms with Gasteiger partial charge in [-0.15, -0.1) is 0 Å². The molecule has 0 bridgehead atoms. The standard InChI is InChI=1S/C21H23NO5/c1-3-14(2)20(15-7-5-4-6-8-15)21(24)25-12-19(23)22-16-9-10-17-18(11-16)27-13-26-17/h4-11,14,20H,3,12-13H2,1-2H3,(H,22,23)/t14-,20-/m0/s1. The fourth-order valence-corrected chi connectivity index (χ4v) is 2.99. The maximum absolute atomic E-state index is 12.6. The lowest BCUT2D eigenvalue weighted by Crippen LogP contribution is -2.26. The molecule has 0 unspecified atom stereocenters. The van der Waals surface area contributed by atoms with Crippen molar-refractivity contribution in [3.63, 3.8) is 0 Å². The number of benzene rings is 2. The van der Waals surface area contributed by atoms with Crippen LogP contribution in [0.5, 0.6) is 11.5 Å². The number of hydrogen-bond donors (Lipinski definition) is 1. The van der Waals surface area contributed by atoms with E-state index in [1.165, 1.54) is 0 Å². The van der Waals surface area contributed by atoms with Crippen LogP contribution in [-0.2, 0) is 14.3 Å². The summed E-state index contributed by atoms with van der Waals surface area (Å²) in [6.07, 6.45) is 0.831. The summed E-state index contributed by atoms with van der Waals surface area (Å²) < 4.78 is 15.8. The average molecular weight is 369 g/mol. The summed E-state index contributed by atoms with van der Waals surface area (Å²) in [7, 11) is 0. The van der Waals surface area contributed by atoms with Crippen LogP contribution in [0.25, 0.3) is 0 Å². The Morgan fingerprint density at radius 2 is 1.85 bits per heavy atom. The number of fused-ring (bicyclic) bond motifs is 1. The second-order valence-corrected chi connectivity index (χ2v) is 6.50. The number of carbonyl (C=O) groups excluding carboxylic acids is 2. The van der Waals surface area contributed by atoms with Crippen molar-refractivity contribution in [3.05, 3.63) is 54.1 Å². The van der Waals surface area contributed by atoms with Crippen molar-refractivity contribution < 1.29 is 23.8 Å². The molecule has 3 rings (SSSR count). The summed E-state index contributed by atoms with van der Waals surface area (Å²) >= 11 is 0. The molecule has 6 nitrogen and oxygen atoms in total. The Labute approximate surface area is 158 Å². The van der Waals surface area contributed by atoms with Gasteiger partial charge in [0.1, 0.15) is 0 Å². The fraction of sp³-hybridized carbons (Fsp3) is 0.333. The van der Waals surface area contributed by atoms with Gasteiger partial charge in [-0.25, -0.2) is 0 Å². The van der Waals surface area contributed by atoms with E-state index in [4.69, 9.17) is 14.2 Å². The van der Waals surface area contributed by atoms with Crippen molar-refractivity contribution in [2.75, 3.05) is 18.7 Å². The summed E-state index contributed by atoms with van der Waals surface area (Å²) in [5, 5.41) is 2.70. The van der Waals surface area contributed by atoms with Gasteiger partial charge in [-0.3, -0.25) is 9.59 Å². The maximum Gasteiger partial charge on any atom is 0.314 e. The smallest absolute Gasteiger partial charge is 0.314 e. The molecule has 1 heterocycles. The molecule has 0 fully saturated rings. The minimum Gasteiger partial charge on any atom is -0.455 e. The Morgan fingerprint density at radius 1 is 1.11 bits per heavy atom. The predicted octanol–water partition coefficient (Wildman–Crippen LogP) is 3.73. The number of ether oxygens (including phenoxy) is 3. The van der Waals surface area contributed by atoms with Crippen LogP contribution in [0.3, 0.4) is 0 Å². The second kappa shape index (κ2) is 8.58. The Hall–Kier alpha value is -3.02. The van der Waals surface area contributed by atoms with E-state index in [0.717, 1.165) is 12.0 Å². The molecule has 1 amide bonds. The summed E-state index contributed by atoms with van der Waals surface area (Å²) in [5.41, 5.74) is 1.45. The molecule has 0 radical (unpaired) electrons. The number of rotatable bonds is 7. The molecule has 0 saturated carbocycles. The largest absolute Gasteiger partial charge is 0.455 e. The van der Waals surface area contributed by atoms with E-state index in [1.54, 1.807) is 18.2 Å². The monoisotopic (exact) mass is 369 g/mol. The number of esters is 1. The first kappa shape index (κ1) is 18.8. The third-order valence-corrected chi connectivity index (χ3v) is 4.63. The SMILES string of the molecule is CC[C@H](C)[C@H](C(=O)OCC(=O)Nc1ccc2c(c1)OCO2)c1ccccc1. The molecular formula is C21H23NO5. The van der Waals surface area contributed by atoms with Gasteiger partial charge in [-0.1, -0.05) is 50.6 Å². The molecule has 1 aliphatic heterocycles. The summed E-state index contributed by atoms with van der Waals surface area (Å²) in [4.78, 5) is 24.8. The van der Waals surface area contributed by atoms with Crippen LogP contribution in [0, 0.1) is 5.92 Å². The van der Waals surface area contributed by atoms with Crippen molar-refractivity contribution in [3.8, 4) is 11.5 Å². The highest BCUT2D eigenvalue weighted by molar-refractivity contribution is 5.93. The molecule has 0 aromatic heterocycles. The maximum atomic E-state index is 12.6. The lowest BCUT2D eigenvalue weighted by molar-refractivity contribution is -0.150. The van der Waals surface area contributed by atoms with Crippen molar-refractivity contribution in [1.82, 2.24) is 0 Å². The predicted molar refractivity (Wildman–Crippen MR) is 101 cm³/mol. The highest BCUT2D eigenvalue weighted by atomic mass is 16.7. The summed E-state index contributed by atoms with van der Waals surface area (Å²) in [6, 6.07) is 14.6. The van der Waals surface area contributed by atoms with Gasteiger partial charge in [0.15, 0.2) is 18.1 Å². The third kappa shape index (κ3) is 4.58. The van der Waals surface area contributed by atoms with E-state index < -0.39 is 17.8 Å². The fourth-order valence-electron chi connectivity index (χ4n) is 2.99. The minimum atomic E-state index is -0.404.